The Bertz CT molecular complexity index is 1350. The largest absolute Gasteiger partial charge is 0.382 e. The van der Waals surface area contributed by atoms with Gasteiger partial charge in [-0.15, -0.1) is 0 Å². The van der Waals surface area contributed by atoms with Gasteiger partial charge in [-0.05, 0) is 25.0 Å². The minimum atomic E-state index is -0.414. The standard InChI is InChI=1S/C24H20ClN5O2/c25-18-11-15(9-16-12-27-30-19(16)18)21-20(13-5-2-1-3-6-13)29-24(26)22(28-21)23(32)14-7-4-8-17(31)10-14/h1-3,5-6,9,11-12,14H,4,7-8,10H2,(H2,26,29)(H,27,30). The molecule has 1 fully saturated rings. The van der Waals surface area contributed by atoms with Crippen LogP contribution in [0.5, 0.6) is 0 Å². The van der Waals surface area contributed by atoms with Gasteiger partial charge in [-0.1, -0.05) is 41.9 Å². The fourth-order valence-electron chi connectivity index (χ4n) is 4.22. The second-order valence-corrected chi connectivity index (χ2v) is 8.42. The first kappa shape index (κ1) is 20.3. The third kappa shape index (κ3) is 3.65. The first-order chi connectivity index (χ1) is 15.5. The van der Waals surface area contributed by atoms with E-state index in [9.17, 15) is 9.59 Å². The minimum Gasteiger partial charge on any atom is -0.382 e. The Labute approximate surface area is 189 Å². The van der Waals surface area contributed by atoms with E-state index in [1.165, 1.54) is 0 Å². The number of rotatable bonds is 4. The van der Waals surface area contributed by atoms with E-state index in [0.29, 0.717) is 41.2 Å². The average Bonchev–Trinajstić information content (AvgIpc) is 3.28. The first-order valence-electron chi connectivity index (χ1n) is 10.4. The lowest BCUT2D eigenvalue weighted by molar-refractivity contribution is -0.121. The van der Waals surface area contributed by atoms with Crippen molar-refractivity contribution in [1.29, 1.82) is 0 Å². The lowest BCUT2D eigenvalue weighted by Gasteiger charge is -2.20. The van der Waals surface area contributed by atoms with Crippen molar-refractivity contribution >= 4 is 39.9 Å². The first-order valence-corrected chi connectivity index (χ1v) is 10.8. The molecule has 1 atom stereocenters. The van der Waals surface area contributed by atoms with Crippen molar-refractivity contribution in [2.45, 2.75) is 25.7 Å². The fourth-order valence-corrected chi connectivity index (χ4v) is 4.49. The zero-order valence-corrected chi connectivity index (χ0v) is 17.9. The smallest absolute Gasteiger partial charge is 0.188 e. The van der Waals surface area contributed by atoms with E-state index in [0.717, 1.165) is 16.5 Å². The van der Waals surface area contributed by atoms with Crippen LogP contribution in [0, 0.1) is 5.92 Å². The average molecular weight is 446 g/mol. The molecule has 0 aliphatic heterocycles. The van der Waals surface area contributed by atoms with Gasteiger partial charge in [0.15, 0.2) is 11.6 Å². The van der Waals surface area contributed by atoms with Crippen molar-refractivity contribution in [1.82, 2.24) is 20.2 Å². The van der Waals surface area contributed by atoms with Gasteiger partial charge in [0.1, 0.15) is 11.5 Å². The molecule has 1 saturated carbocycles. The molecule has 3 N–H and O–H groups in total. The van der Waals surface area contributed by atoms with E-state index in [2.05, 4.69) is 15.2 Å². The van der Waals surface area contributed by atoms with Gasteiger partial charge in [0.05, 0.1) is 28.1 Å². The Kier molecular flexibility index (Phi) is 5.19. The van der Waals surface area contributed by atoms with Gasteiger partial charge < -0.3 is 5.73 Å². The summed E-state index contributed by atoms with van der Waals surface area (Å²) >= 11 is 6.47. The van der Waals surface area contributed by atoms with Crippen molar-refractivity contribution in [3.05, 3.63) is 59.4 Å². The lowest BCUT2D eigenvalue weighted by atomic mass is 9.84. The van der Waals surface area contributed by atoms with Crippen LogP contribution in [0.3, 0.4) is 0 Å². The predicted molar refractivity (Wildman–Crippen MR) is 123 cm³/mol. The molecule has 0 saturated heterocycles. The van der Waals surface area contributed by atoms with E-state index >= 15 is 0 Å². The van der Waals surface area contributed by atoms with Crippen LogP contribution in [0.4, 0.5) is 5.82 Å². The second-order valence-electron chi connectivity index (χ2n) is 8.01. The van der Waals surface area contributed by atoms with Crippen molar-refractivity contribution in [3.63, 3.8) is 0 Å². The Balaban J connectivity index is 1.69. The summed E-state index contributed by atoms with van der Waals surface area (Å²) in [4.78, 5) is 34.5. The molecule has 1 aliphatic carbocycles. The summed E-state index contributed by atoms with van der Waals surface area (Å²) in [6.07, 6.45) is 3.77. The van der Waals surface area contributed by atoms with Gasteiger partial charge in [0.2, 0.25) is 0 Å². The number of Topliss-reactive ketones (excluding diaryl/α,β-unsaturated/α-hetero) is 2. The molecule has 2 heterocycles. The molecule has 1 aliphatic rings. The SMILES string of the molecule is Nc1nc(-c2ccccc2)c(-c2cc(Cl)c3[nH]ncc3c2)nc1C(=O)C1CCCC(=O)C1. The number of anilines is 1. The monoisotopic (exact) mass is 445 g/mol. The molecule has 7 nitrogen and oxygen atoms in total. The molecular formula is C24H20ClN5O2. The fraction of sp³-hybridized carbons (Fsp3) is 0.208. The van der Waals surface area contributed by atoms with E-state index < -0.39 is 5.92 Å². The molecule has 1 unspecified atom stereocenters. The lowest BCUT2D eigenvalue weighted by Crippen LogP contribution is -2.25. The van der Waals surface area contributed by atoms with Crippen LogP contribution in [0.15, 0.2) is 48.7 Å². The molecule has 0 spiro atoms. The molecule has 0 amide bonds. The van der Waals surface area contributed by atoms with Crippen LogP contribution < -0.4 is 5.73 Å². The molecule has 8 heteroatoms. The van der Waals surface area contributed by atoms with Gasteiger partial charge in [-0.25, -0.2) is 9.97 Å². The van der Waals surface area contributed by atoms with E-state index in [-0.39, 0.29) is 29.5 Å². The van der Waals surface area contributed by atoms with Crippen LogP contribution in [0.25, 0.3) is 33.4 Å². The summed E-state index contributed by atoms with van der Waals surface area (Å²) < 4.78 is 0. The normalized spacial score (nSPS) is 16.4. The molecule has 5 rings (SSSR count). The predicted octanol–water partition coefficient (Wildman–Crippen LogP) is 4.86. The highest BCUT2D eigenvalue weighted by Gasteiger charge is 2.30. The molecule has 2 aromatic carbocycles. The number of carbonyl (C=O) groups excluding carboxylic acids is 2. The molecular weight excluding hydrogens is 426 g/mol. The van der Waals surface area contributed by atoms with Crippen molar-refractivity contribution in [3.8, 4) is 22.5 Å². The number of nitrogen functional groups attached to an aromatic ring is 1. The maximum Gasteiger partial charge on any atom is 0.188 e. The van der Waals surface area contributed by atoms with E-state index in [1.807, 2.05) is 36.4 Å². The second kappa shape index (κ2) is 8.16. The zero-order valence-electron chi connectivity index (χ0n) is 17.1. The van der Waals surface area contributed by atoms with Gasteiger partial charge in [-0.2, -0.15) is 5.10 Å². The Morgan fingerprint density at radius 1 is 1.09 bits per heavy atom. The van der Waals surface area contributed by atoms with Crippen LogP contribution in [-0.4, -0.2) is 31.7 Å². The number of aromatic amines is 1. The van der Waals surface area contributed by atoms with Gasteiger partial charge in [0, 0.05) is 35.3 Å². The summed E-state index contributed by atoms with van der Waals surface area (Å²) in [7, 11) is 0. The topological polar surface area (TPSA) is 115 Å². The molecule has 0 bridgehead atoms. The number of nitrogens with two attached hydrogens (primary N) is 1. The summed E-state index contributed by atoms with van der Waals surface area (Å²) in [5, 5.41) is 8.23. The number of halogens is 1. The summed E-state index contributed by atoms with van der Waals surface area (Å²) in [6, 6.07) is 13.2. The molecule has 2 aromatic heterocycles. The third-order valence-corrected chi connectivity index (χ3v) is 6.13. The number of aromatic nitrogens is 4. The Morgan fingerprint density at radius 3 is 2.66 bits per heavy atom. The maximum atomic E-state index is 13.3. The number of nitrogens with zero attached hydrogens (tertiary/aromatic N) is 3. The number of benzene rings is 2. The summed E-state index contributed by atoms with van der Waals surface area (Å²) in [5.41, 5.74) is 9.62. The highest BCUT2D eigenvalue weighted by atomic mass is 35.5. The number of carbonyl (C=O) groups is 2. The molecule has 0 radical (unpaired) electrons. The van der Waals surface area contributed by atoms with Crippen LogP contribution in [-0.2, 0) is 4.79 Å². The quantitative estimate of drug-likeness (QED) is 0.433. The number of fused-ring (bicyclic) bond motifs is 1. The van der Waals surface area contributed by atoms with Crippen molar-refractivity contribution < 1.29 is 9.59 Å². The van der Waals surface area contributed by atoms with Crippen molar-refractivity contribution in [2.24, 2.45) is 5.92 Å². The van der Waals surface area contributed by atoms with Crippen LogP contribution >= 0.6 is 11.6 Å². The number of hydrogen-bond donors (Lipinski definition) is 2. The number of hydrogen-bond acceptors (Lipinski definition) is 6. The Morgan fingerprint density at radius 2 is 1.88 bits per heavy atom. The van der Waals surface area contributed by atoms with E-state index in [4.69, 9.17) is 22.3 Å². The number of H-pyrrole nitrogens is 1. The summed E-state index contributed by atoms with van der Waals surface area (Å²) in [5.74, 6) is -0.492. The zero-order chi connectivity index (χ0) is 22.2. The summed E-state index contributed by atoms with van der Waals surface area (Å²) in [6.45, 7) is 0. The highest BCUT2D eigenvalue weighted by Crippen LogP contribution is 2.36. The third-order valence-electron chi connectivity index (χ3n) is 5.83. The maximum absolute atomic E-state index is 13.3. The van der Waals surface area contributed by atoms with Crippen molar-refractivity contribution in [2.75, 3.05) is 5.73 Å². The highest BCUT2D eigenvalue weighted by molar-refractivity contribution is 6.35. The number of nitrogens with one attached hydrogen (secondary N) is 1. The van der Waals surface area contributed by atoms with E-state index in [1.54, 1.807) is 12.3 Å². The molecule has 160 valence electrons. The Hall–Kier alpha value is -3.58. The van der Waals surface area contributed by atoms with Crippen LogP contribution in [0.2, 0.25) is 5.02 Å². The van der Waals surface area contributed by atoms with Crippen LogP contribution in [0.1, 0.15) is 36.2 Å². The number of ketones is 2. The minimum absolute atomic E-state index is 0.0612. The van der Waals surface area contributed by atoms with Gasteiger partial charge in [-0.3, -0.25) is 14.7 Å². The molecule has 4 aromatic rings. The molecule has 32 heavy (non-hydrogen) atoms. The van der Waals surface area contributed by atoms with Gasteiger partial charge >= 0.3 is 0 Å². The van der Waals surface area contributed by atoms with Gasteiger partial charge in [0.25, 0.3) is 0 Å².